The van der Waals surface area contributed by atoms with E-state index in [-0.39, 0.29) is 0 Å². The van der Waals surface area contributed by atoms with Crippen molar-refractivity contribution in [2.45, 2.75) is 25.7 Å². The molecule has 0 radical (unpaired) electrons. The molecule has 0 atom stereocenters. The van der Waals surface area contributed by atoms with Crippen LogP contribution >= 0.6 is 15.9 Å². The summed E-state index contributed by atoms with van der Waals surface area (Å²) < 4.78 is 0.893. The van der Waals surface area contributed by atoms with Crippen LogP contribution in [0.2, 0.25) is 0 Å². The van der Waals surface area contributed by atoms with E-state index in [9.17, 15) is 0 Å². The van der Waals surface area contributed by atoms with Crippen molar-refractivity contribution < 1.29 is 0 Å². The number of nitrogens with zero attached hydrogens (tertiary/aromatic N) is 1. The van der Waals surface area contributed by atoms with Gasteiger partial charge >= 0.3 is 0 Å². The van der Waals surface area contributed by atoms with E-state index in [1.54, 1.807) is 0 Å². The van der Waals surface area contributed by atoms with Crippen molar-refractivity contribution in [3.8, 4) is 0 Å². The molecule has 1 aliphatic rings. The normalized spacial score (nSPS) is 17.2. The summed E-state index contributed by atoms with van der Waals surface area (Å²) in [5, 5.41) is 3.43. The lowest BCUT2D eigenvalue weighted by Gasteiger charge is -2.11. The molecule has 0 aromatic carbocycles. The molecule has 1 heterocycles. The molecule has 2 nitrogen and oxygen atoms in total. The fourth-order valence-corrected chi connectivity index (χ4v) is 2.19. The van der Waals surface area contributed by atoms with E-state index in [0.29, 0.717) is 0 Å². The van der Waals surface area contributed by atoms with E-state index < -0.39 is 0 Å². The Morgan fingerprint density at radius 1 is 1.36 bits per heavy atom. The molecule has 0 spiro atoms. The minimum absolute atomic E-state index is 0.874. The highest BCUT2D eigenvalue weighted by molar-refractivity contribution is 9.10. The van der Waals surface area contributed by atoms with E-state index in [1.807, 2.05) is 12.3 Å². The molecule has 14 heavy (non-hydrogen) atoms. The molecule has 0 amide bonds. The van der Waals surface area contributed by atoms with Crippen LogP contribution in [0.15, 0.2) is 22.9 Å². The first-order chi connectivity index (χ1) is 6.84. The lowest BCUT2D eigenvalue weighted by Crippen LogP contribution is -2.10. The first-order valence-corrected chi connectivity index (χ1v) is 5.99. The highest BCUT2D eigenvalue weighted by Gasteiger charge is 2.14. The second-order valence-electron chi connectivity index (χ2n) is 3.90. The molecule has 3 heteroatoms. The van der Waals surface area contributed by atoms with Gasteiger partial charge in [0, 0.05) is 6.54 Å². The summed E-state index contributed by atoms with van der Waals surface area (Å²) >= 11 is 3.32. The van der Waals surface area contributed by atoms with Crippen LogP contribution in [0.4, 0.5) is 5.69 Å². The summed E-state index contributed by atoms with van der Waals surface area (Å²) in [4.78, 5) is 4.18. The van der Waals surface area contributed by atoms with Gasteiger partial charge in [-0.1, -0.05) is 12.8 Å². The Morgan fingerprint density at radius 2 is 2.14 bits per heavy atom. The summed E-state index contributed by atoms with van der Waals surface area (Å²) in [6, 6.07) is 4.03. The lowest BCUT2D eigenvalue weighted by atomic mass is 10.1. The van der Waals surface area contributed by atoms with Gasteiger partial charge in [0.05, 0.1) is 11.9 Å². The summed E-state index contributed by atoms with van der Waals surface area (Å²) in [6.07, 6.45) is 7.46. The maximum absolute atomic E-state index is 4.18. The second kappa shape index (κ2) is 4.78. The van der Waals surface area contributed by atoms with Crippen LogP contribution in [0.5, 0.6) is 0 Å². The molecule has 1 N–H and O–H groups in total. The molecule has 1 aromatic heterocycles. The summed E-state index contributed by atoms with van der Waals surface area (Å²) in [6.45, 7) is 1.10. The van der Waals surface area contributed by atoms with E-state index in [1.165, 1.54) is 25.7 Å². The zero-order valence-corrected chi connectivity index (χ0v) is 9.76. The van der Waals surface area contributed by atoms with Crippen molar-refractivity contribution in [2.24, 2.45) is 5.92 Å². The van der Waals surface area contributed by atoms with Gasteiger partial charge in [0.15, 0.2) is 0 Å². The van der Waals surface area contributed by atoms with Crippen LogP contribution < -0.4 is 5.32 Å². The molecular weight excluding hydrogens is 240 g/mol. The van der Waals surface area contributed by atoms with Crippen LogP contribution in [-0.4, -0.2) is 11.5 Å². The van der Waals surface area contributed by atoms with Gasteiger partial charge in [-0.15, -0.1) is 0 Å². The van der Waals surface area contributed by atoms with Crippen LogP contribution in [0.25, 0.3) is 0 Å². The van der Waals surface area contributed by atoms with Gasteiger partial charge in [0.2, 0.25) is 0 Å². The van der Waals surface area contributed by atoms with Crippen LogP contribution in [0.1, 0.15) is 25.7 Å². The Balaban J connectivity index is 1.82. The van der Waals surface area contributed by atoms with Crippen LogP contribution in [-0.2, 0) is 0 Å². The fourth-order valence-electron chi connectivity index (χ4n) is 1.96. The Bertz CT molecular complexity index is 278. The van der Waals surface area contributed by atoms with Crippen molar-refractivity contribution in [1.82, 2.24) is 4.98 Å². The van der Waals surface area contributed by atoms with Crippen molar-refractivity contribution in [3.05, 3.63) is 22.9 Å². The van der Waals surface area contributed by atoms with Crippen LogP contribution in [0.3, 0.4) is 0 Å². The number of hydrogen-bond donors (Lipinski definition) is 1. The predicted molar refractivity (Wildman–Crippen MR) is 62.4 cm³/mol. The number of anilines is 1. The van der Waals surface area contributed by atoms with Crippen molar-refractivity contribution in [1.29, 1.82) is 0 Å². The number of hydrogen-bond acceptors (Lipinski definition) is 2. The topological polar surface area (TPSA) is 24.9 Å². The SMILES string of the molecule is Brc1ccc(NCC2CCCC2)cn1. The molecule has 0 unspecified atom stereocenters. The Hall–Kier alpha value is -0.570. The third-order valence-electron chi connectivity index (χ3n) is 2.80. The highest BCUT2D eigenvalue weighted by Crippen LogP contribution is 2.24. The number of pyridine rings is 1. The van der Waals surface area contributed by atoms with Crippen molar-refractivity contribution in [3.63, 3.8) is 0 Å². The summed E-state index contributed by atoms with van der Waals surface area (Å²) in [7, 11) is 0. The molecule has 76 valence electrons. The molecule has 0 aliphatic heterocycles. The zero-order valence-electron chi connectivity index (χ0n) is 8.17. The average molecular weight is 255 g/mol. The van der Waals surface area contributed by atoms with Gasteiger partial charge in [-0.3, -0.25) is 0 Å². The van der Waals surface area contributed by atoms with E-state index in [0.717, 1.165) is 22.8 Å². The number of nitrogens with one attached hydrogen (secondary N) is 1. The highest BCUT2D eigenvalue weighted by atomic mass is 79.9. The average Bonchev–Trinajstić information content (AvgIpc) is 2.70. The standard InChI is InChI=1S/C11H15BrN2/c12-11-6-5-10(8-14-11)13-7-9-3-1-2-4-9/h5-6,8-9,13H,1-4,7H2. The first-order valence-electron chi connectivity index (χ1n) is 5.20. The minimum atomic E-state index is 0.874. The maximum Gasteiger partial charge on any atom is 0.106 e. The zero-order chi connectivity index (χ0) is 9.80. The quantitative estimate of drug-likeness (QED) is 0.837. The second-order valence-corrected chi connectivity index (χ2v) is 4.71. The minimum Gasteiger partial charge on any atom is -0.384 e. The van der Waals surface area contributed by atoms with Gasteiger partial charge in [-0.05, 0) is 46.8 Å². The molecule has 1 fully saturated rings. The first kappa shape index (κ1) is 9.97. The van der Waals surface area contributed by atoms with E-state index in [4.69, 9.17) is 0 Å². The predicted octanol–water partition coefficient (Wildman–Crippen LogP) is 3.45. The van der Waals surface area contributed by atoms with E-state index in [2.05, 4.69) is 32.3 Å². The third kappa shape index (κ3) is 2.71. The fraction of sp³-hybridized carbons (Fsp3) is 0.545. The Labute approximate surface area is 93.3 Å². The summed E-state index contributed by atoms with van der Waals surface area (Å²) in [5.41, 5.74) is 1.13. The van der Waals surface area contributed by atoms with Crippen molar-refractivity contribution in [2.75, 3.05) is 11.9 Å². The molecule has 1 aliphatic carbocycles. The van der Waals surface area contributed by atoms with Gasteiger partial charge in [0.1, 0.15) is 4.60 Å². The Kier molecular flexibility index (Phi) is 3.40. The monoisotopic (exact) mass is 254 g/mol. The number of aromatic nitrogens is 1. The largest absolute Gasteiger partial charge is 0.384 e. The molecular formula is C11H15BrN2. The third-order valence-corrected chi connectivity index (χ3v) is 3.27. The van der Waals surface area contributed by atoms with Gasteiger partial charge in [-0.2, -0.15) is 0 Å². The van der Waals surface area contributed by atoms with Gasteiger partial charge in [-0.25, -0.2) is 4.98 Å². The van der Waals surface area contributed by atoms with Gasteiger partial charge in [0.25, 0.3) is 0 Å². The Morgan fingerprint density at radius 3 is 2.79 bits per heavy atom. The summed E-state index contributed by atoms with van der Waals surface area (Å²) in [5.74, 6) is 0.874. The van der Waals surface area contributed by atoms with Crippen molar-refractivity contribution >= 4 is 21.6 Å². The van der Waals surface area contributed by atoms with E-state index >= 15 is 0 Å². The molecule has 0 bridgehead atoms. The molecule has 1 saturated carbocycles. The van der Waals surface area contributed by atoms with Gasteiger partial charge < -0.3 is 5.32 Å². The smallest absolute Gasteiger partial charge is 0.106 e. The molecule has 2 rings (SSSR count). The molecule has 0 saturated heterocycles. The molecule has 1 aromatic rings. The lowest BCUT2D eigenvalue weighted by molar-refractivity contribution is 0.580. The number of halogens is 1. The maximum atomic E-state index is 4.18. The number of rotatable bonds is 3. The van der Waals surface area contributed by atoms with Crippen LogP contribution in [0, 0.1) is 5.92 Å².